The number of ether oxygens (including phenoxy) is 1. The smallest absolute Gasteiger partial charge is 0.123 e. The van der Waals surface area contributed by atoms with E-state index in [4.69, 9.17) is 4.74 Å². The fourth-order valence-electron chi connectivity index (χ4n) is 4.12. The number of hydrogen-bond acceptors (Lipinski definition) is 2. The van der Waals surface area contributed by atoms with Crippen LogP contribution in [-0.2, 0) is 6.54 Å². The summed E-state index contributed by atoms with van der Waals surface area (Å²) < 4.78 is 31.5. The summed E-state index contributed by atoms with van der Waals surface area (Å²) in [5.41, 5.74) is 5.06. The molecule has 0 unspecified atom stereocenters. The number of likely N-dealkylation sites (tertiary alicyclic amines) is 1. The highest BCUT2D eigenvalue weighted by Crippen LogP contribution is 2.31. The Morgan fingerprint density at radius 1 is 0.639 bits per heavy atom. The molecule has 5 rings (SSSR count). The van der Waals surface area contributed by atoms with Gasteiger partial charge in [-0.1, -0.05) is 68.4 Å². The van der Waals surface area contributed by atoms with Crippen molar-refractivity contribution in [2.24, 2.45) is 0 Å². The van der Waals surface area contributed by atoms with Crippen LogP contribution in [-0.4, -0.2) is 25.1 Å². The van der Waals surface area contributed by atoms with Crippen molar-refractivity contribution in [1.29, 1.82) is 0 Å². The molecule has 0 N–H and O–H groups in total. The van der Waals surface area contributed by atoms with Crippen LogP contribution in [0.4, 0.5) is 8.78 Å². The maximum Gasteiger partial charge on any atom is 0.123 e. The summed E-state index contributed by atoms with van der Waals surface area (Å²) in [6.45, 7) is 7.71. The molecule has 36 heavy (non-hydrogen) atoms. The van der Waals surface area contributed by atoms with Crippen LogP contribution < -0.4 is 4.74 Å². The van der Waals surface area contributed by atoms with Crippen LogP contribution in [0, 0.1) is 11.6 Å². The maximum atomic E-state index is 13.1. The number of rotatable bonds is 5. The van der Waals surface area contributed by atoms with Gasteiger partial charge in [0, 0.05) is 6.54 Å². The van der Waals surface area contributed by atoms with Gasteiger partial charge >= 0.3 is 0 Å². The van der Waals surface area contributed by atoms with Gasteiger partial charge in [0.15, 0.2) is 0 Å². The summed E-state index contributed by atoms with van der Waals surface area (Å²) in [5.74, 6) is 0.150. The molecule has 4 aromatic rings. The highest BCUT2D eigenvalue weighted by Gasteiger charge is 2.11. The molecule has 0 bridgehead atoms. The van der Waals surface area contributed by atoms with Gasteiger partial charge in [0.1, 0.15) is 17.4 Å². The van der Waals surface area contributed by atoms with Crippen molar-refractivity contribution in [1.82, 2.24) is 4.90 Å². The van der Waals surface area contributed by atoms with Crippen molar-refractivity contribution in [2.45, 2.75) is 33.2 Å². The van der Waals surface area contributed by atoms with Gasteiger partial charge < -0.3 is 4.74 Å². The summed E-state index contributed by atoms with van der Waals surface area (Å²) >= 11 is 0. The zero-order chi connectivity index (χ0) is 25.8. The molecule has 0 atom stereocenters. The molecule has 2 nitrogen and oxygen atoms in total. The zero-order valence-electron chi connectivity index (χ0n) is 21.4. The molecule has 1 saturated heterocycles. The zero-order valence-corrected chi connectivity index (χ0v) is 21.4. The lowest BCUT2D eigenvalue weighted by Crippen LogP contribution is -2.18. The molecular formula is C32H35F2NO. The fraction of sp³-hybridized carbons (Fsp3) is 0.250. The molecule has 188 valence electrons. The van der Waals surface area contributed by atoms with E-state index in [2.05, 4.69) is 35.2 Å². The lowest BCUT2D eigenvalue weighted by atomic mass is 9.98. The van der Waals surface area contributed by atoms with E-state index in [1.54, 1.807) is 31.4 Å². The molecule has 0 aliphatic carbocycles. The van der Waals surface area contributed by atoms with Crippen molar-refractivity contribution >= 4 is 0 Å². The minimum Gasteiger partial charge on any atom is -0.497 e. The van der Waals surface area contributed by atoms with Gasteiger partial charge in [-0.15, -0.1) is 0 Å². The first-order valence-electron chi connectivity index (χ1n) is 12.6. The minimum absolute atomic E-state index is 0.273. The van der Waals surface area contributed by atoms with Gasteiger partial charge in [-0.25, -0.2) is 8.78 Å². The third-order valence-corrected chi connectivity index (χ3v) is 5.95. The normalized spacial score (nSPS) is 12.7. The summed E-state index contributed by atoms with van der Waals surface area (Å²) in [6, 6.07) is 29.1. The highest BCUT2D eigenvalue weighted by molar-refractivity contribution is 5.75. The number of halogens is 2. The van der Waals surface area contributed by atoms with E-state index in [1.807, 2.05) is 32.0 Å². The molecule has 1 aliphatic rings. The Labute approximate surface area is 214 Å². The minimum atomic E-state index is -0.273. The molecule has 0 saturated carbocycles. The standard InChI is InChI=1S/C19H14F2O.C11H15N.C2H6/c1-22-19-11-15(13-2-6-17(20)7-3-13)10-16(12-19)14-4-8-18(21)9-5-14;1-2-6-11(7-3-1)10-12-8-4-5-9-12;1-2/h2-12H,1H3;1-3,6-7H,4-5,8-10H2;1-2H3. The molecule has 4 heteroatoms. The SMILES string of the molecule is CC.COc1cc(-c2ccc(F)cc2)cc(-c2ccc(F)cc2)c1.c1ccc(CN2CCCC2)cc1. The summed E-state index contributed by atoms with van der Waals surface area (Å²) in [6.07, 6.45) is 2.76. The second kappa shape index (κ2) is 14.2. The first-order valence-corrected chi connectivity index (χ1v) is 12.6. The fourth-order valence-corrected chi connectivity index (χ4v) is 4.12. The van der Waals surface area contributed by atoms with Crippen LogP contribution >= 0.6 is 0 Å². The number of hydrogen-bond donors (Lipinski definition) is 0. The van der Waals surface area contributed by atoms with Crippen LogP contribution in [0.3, 0.4) is 0 Å². The number of methoxy groups -OCH3 is 1. The van der Waals surface area contributed by atoms with Crippen molar-refractivity contribution in [3.05, 3.63) is 114 Å². The van der Waals surface area contributed by atoms with E-state index < -0.39 is 0 Å². The monoisotopic (exact) mass is 487 g/mol. The van der Waals surface area contributed by atoms with Gasteiger partial charge in [-0.2, -0.15) is 0 Å². The van der Waals surface area contributed by atoms with Crippen molar-refractivity contribution in [3.63, 3.8) is 0 Å². The van der Waals surface area contributed by atoms with Crippen LogP contribution in [0.25, 0.3) is 22.3 Å². The first kappa shape index (κ1) is 27.1. The number of nitrogens with zero attached hydrogens (tertiary/aromatic N) is 1. The van der Waals surface area contributed by atoms with Crippen molar-refractivity contribution in [3.8, 4) is 28.0 Å². The third-order valence-electron chi connectivity index (χ3n) is 5.95. The molecule has 0 amide bonds. The van der Waals surface area contributed by atoms with Crippen LogP contribution in [0.5, 0.6) is 5.75 Å². The Kier molecular flexibility index (Phi) is 10.7. The Hall–Kier alpha value is -3.50. The average Bonchev–Trinajstić information content (AvgIpc) is 3.44. The van der Waals surface area contributed by atoms with E-state index in [-0.39, 0.29) is 11.6 Å². The van der Waals surface area contributed by atoms with E-state index in [0.717, 1.165) is 28.8 Å². The van der Waals surface area contributed by atoms with Gasteiger partial charge in [-0.3, -0.25) is 4.90 Å². The Morgan fingerprint density at radius 3 is 1.56 bits per heavy atom. The van der Waals surface area contributed by atoms with E-state index in [0.29, 0.717) is 5.75 Å². The molecule has 0 aromatic heterocycles. The molecular weight excluding hydrogens is 452 g/mol. The van der Waals surface area contributed by atoms with Gasteiger partial charge in [-0.05, 0) is 96.2 Å². The predicted octanol–water partition coefficient (Wildman–Crippen LogP) is 8.62. The quantitative estimate of drug-likeness (QED) is 0.279. The molecule has 1 heterocycles. The molecule has 1 aliphatic heterocycles. The largest absolute Gasteiger partial charge is 0.497 e. The second-order valence-corrected chi connectivity index (χ2v) is 8.43. The average molecular weight is 488 g/mol. The highest BCUT2D eigenvalue weighted by atomic mass is 19.1. The van der Waals surface area contributed by atoms with E-state index in [1.165, 1.54) is 55.8 Å². The molecule has 0 radical (unpaired) electrons. The van der Waals surface area contributed by atoms with Crippen molar-refractivity contribution < 1.29 is 13.5 Å². The van der Waals surface area contributed by atoms with Gasteiger partial charge in [0.05, 0.1) is 7.11 Å². The summed E-state index contributed by atoms with van der Waals surface area (Å²) in [7, 11) is 1.60. The van der Waals surface area contributed by atoms with E-state index in [9.17, 15) is 8.78 Å². The lowest BCUT2D eigenvalue weighted by molar-refractivity contribution is 0.331. The second-order valence-electron chi connectivity index (χ2n) is 8.43. The predicted molar refractivity (Wildman–Crippen MR) is 146 cm³/mol. The Balaban J connectivity index is 0.000000217. The topological polar surface area (TPSA) is 12.5 Å². The van der Waals surface area contributed by atoms with Crippen LogP contribution in [0.2, 0.25) is 0 Å². The molecule has 1 fully saturated rings. The number of benzene rings is 4. The van der Waals surface area contributed by atoms with Crippen molar-refractivity contribution in [2.75, 3.05) is 20.2 Å². The molecule has 0 spiro atoms. The summed E-state index contributed by atoms with van der Waals surface area (Å²) in [4.78, 5) is 2.52. The Morgan fingerprint density at radius 2 is 1.11 bits per heavy atom. The first-order chi connectivity index (χ1) is 17.6. The third kappa shape index (κ3) is 8.03. The lowest BCUT2D eigenvalue weighted by Gasteiger charge is -2.13. The van der Waals surface area contributed by atoms with Crippen LogP contribution in [0.15, 0.2) is 97.1 Å². The van der Waals surface area contributed by atoms with E-state index >= 15 is 0 Å². The van der Waals surface area contributed by atoms with Gasteiger partial charge in [0.25, 0.3) is 0 Å². The maximum absolute atomic E-state index is 13.1. The van der Waals surface area contributed by atoms with Gasteiger partial charge in [0.2, 0.25) is 0 Å². The summed E-state index contributed by atoms with van der Waals surface area (Å²) in [5, 5.41) is 0. The van der Waals surface area contributed by atoms with Crippen LogP contribution in [0.1, 0.15) is 32.3 Å². The molecule has 4 aromatic carbocycles. The Bertz CT molecular complexity index is 1110.